The van der Waals surface area contributed by atoms with Crippen LogP contribution in [0.5, 0.6) is 0 Å². The molecule has 4 heteroatoms. The zero-order valence-electron chi connectivity index (χ0n) is 7.53. The highest BCUT2D eigenvalue weighted by Gasteiger charge is 2.30. The quantitative estimate of drug-likeness (QED) is 0.706. The van der Waals surface area contributed by atoms with E-state index in [-0.39, 0.29) is 5.54 Å². The van der Waals surface area contributed by atoms with Crippen molar-refractivity contribution in [3.05, 3.63) is 24.2 Å². The van der Waals surface area contributed by atoms with Gasteiger partial charge in [0.2, 0.25) is 6.29 Å². The Labute approximate surface area is 76.6 Å². The van der Waals surface area contributed by atoms with Crippen LogP contribution in [0.1, 0.15) is 19.0 Å². The second kappa shape index (κ2) is 3.14. The van der Waals surface area contributed by atoms with E-state index in [9.17, 15) is 0 Å². The van der Waals surface area contributed by atoms with E-state index in [1.807, 2.05) is 13.0 Å². The Morgan fingerprint density at radius 1 is 1.46 bits per heavy atom. The average molecular weight is 183 g/mol. The third kappa shape index (κ3) is 1.91. The van der Waals surface area contributed by atoms with Gasteiger partial charge >= 0.3 is 0 Å². The topological polar surface area (TPSA) is 57.6 Å². The van der Waals surface area contributed by atoms with Gasteiger partial charge in [-0.1, -0.05) is 0 Å². The Balaban J connectivity index is 1.99. The number of furan rings is 1. The first-order valence-corrected chi connectivity index (χ1v) is 4.23. The molecular weight excluding hydrogens is 170 g/mol. The maximum Gasteiger partial charge on any atom is 0.217 e. The molecule has 1 aliphatic rings. The van der Waals surface area contributed by atoms with Crippen molar-refractivity contribution in [2.24, 2.45) is 5.73 Å². The first kappa shape index (κ1) is 8.74. The molecule has 4 nitrogen and oxygen atoms in total. The van der Waals surface area contributed by atoms with Crippen molar-refractivity contribution in [2.45, 2.75) is 18.8 Å². The number of hydrogen-bond acceptors (Lipinski definition) is 4. The van der Waals surface area contributed by atoms with Crippen LogP contribution in [0.15, 0.2) is 22.8 Å². The highest BCUT2D eigenvalue weighted by Crippen LogP contribution is 2.25. The molecule has 2 heterocycles. The number of nitrogens with two attached hydrogens (primary N) is 1. The smallest absolute Gasteiger partial charge is 0.217 e. The van der Waals surface area contributed by atoms with Gasteiger partial charge in [-0.05, 0) is 19.1 Å². The molecular formula is C9H13NO3. The van der Waals surface area contributed by atoms with E-state index in [0.717, 1.165) is 0 Å². The van der Waals surface area contributed by atoms with Gasteiger partial charge < -0.3 is 19.6 Å². The van der Waals surface area contributed by atoms with Gasteiger partial charge in [0.1, 0.15) is 0 Å². The van der Waals surface area contributed by atoms with Crippen molar-refractivity contribution >= 4 is 0 Å². The van der Waals surface area contributed by atoms with Gasteiger partial charge in [-0.2, -0.15) is 0 Å². The fraction of sp³-hybridized carbons (Fsp3) is 0.556. The lowest BCUT2D eigenvalue weighted by molar-refractivity contribution is -0.215. The van der Waals surface area contributed by atoms with Gasteiger partial charge in [-0.15, -0.1) is 0 Å². The first-order chi connectivity index (χ1) is 6.17. The van der Waals surface area contributed by atoms with Gasteiger partial charge in [0, 0.05) is 0 Å². The van der Waals surface area contributed by atoms with E-state index in [0.29, 0.717) is 19.0 Å². The second-order valence-electron chi connectivity index (χ2n) is 3.62. The highest BCUT2D eigenvalue weighted by molar-refractivity contribution is 5.01. The minimum atomic E-state index is -0.397. The van der Waals surface area contributed by atoms with E-state index in [1.165, 1.54) is 0 Å². The summed E-state index contributed by atoms with van der Waals surface area (Å²) in [7, 11) is 0. The van der Waals surface area contributed by atoms with Crippen LogP contribution >= 0.6 is 0 Å². The summed E-state index contributed by atoms with van der Waals surface area (Å²) in [4.78, 5) is 0. The summed E-state index contributed by atoms with van der Waals surface area (Å²) < 4.78 is 15.9. The summed E-state index contributed by atoms with van der Waals surface area (Å²) in [5, 5.41) is 0. The standard InChI is InChI=1S/C9H13NO3/c1-9(10)5-12-8(13-6-9)7-3-2-4-11-7/h2-4,8H,5-6,10H2,1H3. The van der Waals surface area contributed by atoms with Crippen LogP contribution in [0.4, 0.5) is 0 Å². The maximum absolute atomic E-state index is 5.81. The molecule has 13 heavy (non-hydrogen) atoms. The van der Waals surface area contributed by atoms with Gasteiger partial charge in [0.15, 0.2) is 5.76 Å². The molecule has 0 saturated carbocycles. The Bertz CT molecular complexity index is 258. The molecule has 1 aliphatic heterocycles. The fourth-order valence-electron chi connectivity index (χ4n) is 1.21. The van der Waals surface area contributed by atoms with Crippen LogP contribution in [-0.4, -0.2) is 18.8 Å². The van der Waals surface area contributed by atoms with E-state index in [1.54, 1.807) is 12.3 Å². The summed E-state index contributed by atoms with van der Waals surface area (Å²) in [6.45, 7) is 2.86. The molecule has 0 amide bonds. The maximum atomic E-state index is 5.81. The number of hydrogen-bond donors (Lipinski definition) is 1. The van der Waals surface area contributed by atoms with Crippen LogP contribution in [0.25, 0.3) is 0 Å². The van der Waals surface area contributed by atoms with Gasteiger partial charge in [-0.25, -0.2) is 0 Å². The normalized spacial score (nSPS) is 34.8. The summed E-state index contributed by atoms with van der Waals surface area (Å²) in [6, 6.07) is 3.63. The molecule has 1 aromatic heterocycles. The van der Waals surface area contributed by atoms with Crippen LogP contribution in [0.2, 0.25) is 0 Å². The van der Waals surface area contributed by atoms with Crippen molar-refractivity contribution in [3.63, 3.8) is 0 Å². The lowest BCUT2D eigenvalue weighted by atomic mass is 10.1. The fourth-order valence-corrected chi connectivity index (χ4v) is 1.21. The summed E-state index contributed by atoms with van der Waals surface area (Å²) >= 11 is 0. The summed E-state index contributed by atoms with van der Waals surface area (Å²) in [5.74, 6) is 0.690. The lowest BCUT2D eigenvalue weighted by Gasteiger charge is -2.33. The Morgan fingerprint density at radius 3 is 2.69 bits per heavy atom. The molecule has 72 valence electrons. The van der Waals surface area contributed by atoms with Gasteiger partial charge in [0.05, 0.1) is 25.0 Å². The van der Waals surface area contributed by atoms with Crippen LogP contribution < -0.4 is 5.73 Å². The van der Waals surface area contributed by atoms with E-state index >= 15 is 0 Å². The molecule has 2 rings (SSSR count). The zero-order valence-corrected chi connectivity index (χ0v) is 7.53. The van der Waals surface area contributed by atoms with Crippen molar-refractivity contribution in [2.75, 3.05) is 13.2 Å². The molecule has 0 unspecified atom stereocenters. The zero-order chi connectivity index (χ0) is 9.31. The predicted molar refractivity (Wildman–Crippen MR) is 45.9 cm³/mol. The molecule has 1 fully saturated rings. The first-order valence-electron chi connectivity index (χ1n) is 4.23. The second-order valence-corrected chi connectivity index (χ2v) is 3.62. The van der Waals surface area contributed by atoms with Crippen molar-refractivity contribution < 1.29 is 13.9 Å². The highest BCUT2D eigenvalue weighted by atomic mass is 16.7. The number of rotatable bonds is 1. The Hall–Kier alpha value is -0.840. The number of ether oxygens (including phenoxy) is 2. The van der Waals surface area contributed by atoms with Crippen molar-refractivity contribution in [1.29, 1.82) is 0 Å². The SMILES string of the molecule is CC1(N)COC(c2ccco2)OC1. The molecule has 0 bridgehead atoms. The third-order valence-electron chi connectivity index (χ3n) is 1.90. The van der Waals surface area contributed by atoms with Crippen molar-refractivity contribution in [3.8, 4) is 0 Å². The summed E-state index contributed by atoms with van der Waals surface area (Å²) in [5.41, 5.74) is 5.43. The molecule has 0 spiro atoms. The van der Waals surface area contributed by atoms with Crippen LogP contribution in [-0.2, 0) is 9.47 Å². The minimum Gasteiger partial charge on any atom is -0.464 e. The van der Waals surface area contributed by atoms with Gasteiger partial charge in [-0.3, -0.25) is 0 Å². The lowest BCUT2D eigenvalue weighted by Crippen LogP contribution is -2.49. The minimum absolute atomic E-state index is 0.386. The van der Waals surface area contributed by atoms with Gasteiger partial charge in [0.25, 0.3) is 0 Å². The van der Waals surface area contributed by atoms with Crippen LogP contribution in [0.3, 0.4) is 0 Å². The third-order valence-corrected chi connectivity index (χ3v) is 1.90. The molecule has 0 atom stereocenters. The average Bonchev–Trinajstić information content (AvgIpc) is 2.56. The molecule has 0 aliphatic carbocycles. The molecule has 0 radical (unpaired) electrons. The molecule has 0 aromatic carbocycles. The van der Waals surface area contributed by atoms with Crippen molar-refractivity contribution in [1.82, 2.24) is 0 Å². The van der Waals surface area contributed by atoms with E-state index in [2.05, 4.69) is 0 Å². The largest absolute Gasteiger partial charge is 0.464 e. The molecule has 2 N–H and O–H groups in total. The molecule has 1 saturated heterocycles. The monoisotopic (exact) mass is 183 g/mol. The Morgan fingerprint density at radius 2 is 2.15 bits per heavy atom. The predicted octanol–water partition coefficient (Wildman–Crippen LogP) is 1.04. The summed E-state index contributed by atoms with van der Waals surface area (Å²) in [6.07, 6.45) is 1.20. The van der Waals surface area contributed by atoms with Crippen LogP contribution in [0, 0.1) is 0 Å². The Kier molecular flexibility index (Phi) is 2.11. The molecule has 1 aromatic rings. The van der Waals surface area contributed by atoms with E-state index < -0.39 is 6.29 Å². The van der Waals surface area contributed by atoms with E-state index in [4.69, 9.17) is 19.6 Å².